The largest absolute Gasteiger partial charge is 0.393 e. The van der Waals surface area contributed by atoms with Crippen LogP contribution < -0.4 is 5.73 Å². The van der Waals surface area contributed by atoms with Crippen molar-refractivity contribution in [2.24, 2.45) is 5.73 Å². The highest BCUT2D eigenvalue weighted by Gasteiger charge is 2.10. The molecule has 0 aliphatic carbocycles. The third-order valence-corrected chi connectivity index (χ3v) is 2.49. The highest BCUT2D eigenvalue weighted by molar-refractivity contribution is 5.18. The number of hydrogen-bond acceptors (Lipinski definition) is 2. The van der Waals surface area contributed by atoms with Crippen LogP contribution in [0.25, 0.3) is 0 Å². The first-order chi connectivity index (χ1) is 6.74. The molecular weight excluding hydrogens is 174 g/mol. The normalized spacial score (nSPS) is 15.1. The molecule has 3 N–H and O–H groups in total. The summed E-state index contributed by atoms with van der Waals surface area (Å²) < 4.78 is 0. The van der Waals surface area contributed by atoms with Crippen molar-refractivity contribution in [3.05, 3.63) is 35.9 Å². The predicted molar refractivity (Wildman–Crippen MR) is 59.2 cm³/mol. The molecule has 0 bridgehead atoms. The molecule has 2 atom stereocenters. The third kappa shape index (κ3) is 3.48. The molecule has 0 spiro atoms. The molecule has 78 valence electrons. The van der Waals surface area contributed by atoms with E-state index >= 15 is 0 Å². The van der Waals surface area contributed by atoms with Gasteiger partial charge in [-0.3, -0.25) is 0 Å². The molecule has 0 aromatic heterocycles. The molecule has 1 aromatic carbocycles. The quantitative estimate of drug-likeness (QED) is 0.750. The van der Waals surface area contributed by atoms with E-state index in [1.54, 1.807) is 0 Å². The highest BCUT2D eigenvalue weighted by Crippen LogP contribution is 2.20. The van der Waals surface area contributed by atoms with E-state index in [-0.39, 0.29) is 6.10 Å². The van der Waals surface area contributed by atoms with Crippen LogP contribution in [0.2, 0.25) is 0 Å². The first-order valence-electron chi connectivity index (χ1n) is 5.17. The van der Waals surface area contributed by atoms with Gasteiger partial charge < -0.3 is 10.8 Å². The minimum absolute atomic E-state index is 0.268. The Morgan fingerprint density at radius 2 is 1.93 bits per heavy atom. The zero-order chi connectivity index (χ0) is 10.4. The van der Waals surface area contributed by atoms with Gasteiger partial charge in [-0.2, -0.15) is 0 Å². The van der Waals surface area contributed by atoms with Gasteiger partial charge in [0.1, 0.15) is 0 Å². The van der Waals surface area contributed by atoms with E-state index in [0.717, 1.165) is 6.42 Å². The van der Waals surface area contributed by atoms with E-state index in [1.165, 1.54) is 5.56 Å². The standard InChI is InChI=1S/C12H19NO/c1-10(9-12(14)7-8-13)11-5-3-2-4-6-11/h2-6,10,12,14H,7-9,13H2,1H3. The Kier molecular flexibility index (Phi) is 4.63. The molecule has 1 rings (SSSR count). The Balaban J connectivity index is 2.46. The molecular formula is C12H19NO. The number of hydrogen-bond donors (Lipinski definition) is 2. The van der Waals surface area contributed by atoms with Crippen molar-refractivity contribution < 1.29 is 5.11 Å². The van der Waals surface area contributed by atoms with Gasteiger partial charge in [0.25, 0.3) is 0 Å². The summed E-state index contributed by atoms with van der Waals surface area (Å²) in [6, 6.07) is 10.3. The van der Waals surface area contributed by atoms with Gasteiger partial charge in [0.2, 0.25) is 0 Å². The smallest absolute Gasteiger partial charge is 0.0558 e. The summed E-state index contributed by atoms with van der Waals surface area (Å²) in [6.45, 7) is 2.69. The minimum atomic E-state index is -0.268. The van der Waals surface area contributed by atoms with Gasteiger partial charge in [-0.05, 0) is 30.9 Å². The van der Waals surface area contributed by atoms with E-state index in [2.05, 4.69) is 19.1 Å². The van der Waals surface area contributed by atoms with Crippen molar-refractivity contribution in [1.29, 1.82) is 0 Å². The molecule has 1 aromatic rings. The lowest BCUT2D eigenvalue weighted by atomic mass is 9.94. The molecule has 0 amide bonds. The summed E-state index contributed by atoms with van der Waals surface area (Å²) >= 11 is 0. The van der Waals surface area contributed by atoms with Gasteiger partial charge in [0.15, 0.2) is 0 Å². The maximum Gasteiger partial charge on any atom is 0.0558 e. The molecule has 0 aliphatic heterocycles. The summed E-state index contributed by atoms with van der Waals surface area (Å²) in [5.74, 6) is 0.401. The summed E-state index contributed by atoms with van der Waals surface area (Å²) in [7, 11) is 0. The highest BCUT2D eigenvalue weighted by atomic mass is 16.3. The van der Waals surface area contributed by atoms with Crippen LogP contribution in [0, 0.1) is 0 Å². The molecule has 0 radical (unpaired) electrons. The lowest BCUT2D eigenvalue weighted by Crippen LogP contribution is -2.15. The second-order valence-corrected chi connectivity index (χ2v) is 3.78. The fraction of sp³-hybridized carbons (Fsp3) is 0.500. The number of rotatable bonds is 5. The summed E-state index contributed by atoms with van der Waals surface area (Å²) in [5.41, 5.74) is 6.66. The van der Waals surface area contributed by atoms with E-state index in [9.17, 15) is 5.11 Å². The predicted octanol–water partition coefficient (Wildman–Crippen LogP) is 1.89. The molecule has 0 aliphatic rings. The lowest BCUT2D eigenvalue weighted by molar-refractivity contribution is 0.150. The van der Waals surface area contributed by atoms with E-state index < -0.39 is 0 Å². The number of nitrogens with two attached hydrogens (primary N) is 1. The average molecular weight is 193 g/mol. The fourth-order valence-corrected chi connectivity index (χ4v) is 1.64. The Hall–Kier alpha value is -0.860. The van der Waals surface area contributed by atoms with Crippen molar-refractivity contribution in [3.63, 3.8) is 0 Å². The first kappa shape index (κ1) is 11.2. The molecule has 2 nitrogen and oxygen atoms in total. The summed E-state index contributed by atoms with van der Waals surface area (Å²) in [6.07, 6.45) is 1.22. The zero-order valence-electron chi connectivity index (χ0n) is 8.69. The number of benzene rings is 1. The molecule has 0 saturated heterocycles. The third-order valence-electron chi connectivity index (χ3n) is 2.49. The Morgan fingerprint density at radius 1 is 1.29 bits per heavy atom. The molecule has 2 heteroatoms. The lowest BCUT2D eigenvalue weighted by Gasteiger charge is -2.15. The van der Waals surface area contributed by atoms with Crippen LogP contribution in [0.3, 0.4) is 0 Å². The van der Waals surface area contributed by atoms with E-state index in [1.807, 2.05) is 18.2 Å². The van der Waals surface area contributed by atoms with Crippen molar-refractivity contribution in [2.45, 2.75) is 31.8 Å². The van der Waals surface area contributed by atoms with Gasteiger partial charge in [-0.15, -0.1) is 0 Å². The summed E-state index contributed by atoms with van der Waals surface area (Å²) in [5, 5.41) is 9.60. The maximum absolute atomic E-state index is 9.60. The van der Waals surface area contributed by atoms with Crippen molar-refractivity contribution in [3.8, 4) is 0 Å². The van der Waals surface area contributed by atoms with Crippen LogP contribution in [-0.4, -0.2) is 17.8 Å². The van der Waals surface area contributed by atoms with Gasteiger partial charge in [-0.25, -0.2) is 0 Å². The molecule has 0 saturated carbocycles. The van der Waals surface area contributed by atoms with Crippen LogP contribution >= 0.6 is 0 Å². The Labute approximate surface area is 85.8 Å². The fourth-order valence-electron chi connectivity index (χ4n) is 1.64. The van der Waals surface area contributed by atoms with E-state index in [0.29, 0.717) is 18.9 Å². The van der Waals surface area contributed by atoms with Crippen LogP contribution in [-0.2, 0) is 0 Å². The topological polar surface area (TPSA) is 46.2 Å². The Bertz CT molecular complexity index is 248. The van der Waals surface area contributed by atoms with Crippen LogP contribution in [0.5, 0.6) is 0 Å². The second kappa shape index (κ2) is 5.78. The average Bonchev–Trinajstić information content (AvgIpc) is 2.19. The number of aliphatic hydroxyl groups excluding tert-OH is 1. The van der Waals surface area contributed by atoms with Gasteiger partial charge >= 0.3 is 0 Å². The van der Waals surface area contributed by atoms with Crippen molar-refractivity contribution >= 4 is 0 Å². The molecule has 2 unspecified atom stereocenters. The monoisotopic (exact) mass is 193 g/mol. The SMILES string of the molecule is CC(CC(O)CCN)c1ccccc1. The van der Waals surface area contributed by atoms with Crippen molar-refractivity contribution in [2.75, 3.05) is 6.54 Å². The van der Waals surface area contributed by atoms with Gasteiger partial charge in [-0.1, -0.05) is 37.3 Å². The molecule has 0 heterocycles. The van der Waals surface area contributed by atoms with E-state index in [4.69, 9.17) is 5.73 Å². The molecule has 0 fully saturated rings. The van der Waals surface area contributed by atoms with Gasteiger partial charge in [0.05, 0.1) is 6.10 Å². The number of aliphatic hydroxyl groups is 1. The molecule has 14 heavy (non-hydrogen) atoms. The summed E-state index contributed by atoms with van der Waals surface area (Å²) in [4.78, 5) is 0. The maximum atomic E-state index is 9.60. The van der Waals surface area contributed by atoms with Crippen molar-refractivity contribution in [1.82, 2.24) is 0 Å². The van der Waals surface area contributed by atoms with Crippen LogP contribution in [0.1, 0.15) is 31.2 Å². The first-order valence-corrected chi connectivity index (χ1v) is 5.17. The van der Waals surface area contributed by atoms with Gasteiger partial charge in [0, 0.05) is 0 Å². The van der Waals surface area contributed by atoms with Crippen LogP contribution in [0.4, 0.5) is 0 Å². The minimum Gasteiger partial charge on any atom is -0.393 e. The Morgan fingerprint density at radius 3 is 2.50 bits per heavy atom. The van der Waals surface area contributed by atoms with Crippen LogP contribution in [0.15, 0.2) is 30.3 Å². The second-order valence-electron chi connectivity index (χ2n) is 3.78. The zero-order valence-corrected chi connectivity index (χ0v) is 8.69.